The average molecular weight is 260 g/mol. The van der Waals surface area contributed by atoms with E-state index < -0.39 is 11.8 Å². The Morgan fingerprint density at radius 2 is 1.89 bits per heavy atom. The fourth-order valence-corrected chi connectivity index (χ4v) is 1.81. The van der Waals surface area contributed by atoms with Crippen LogP contribution in [-0.2, 0) is 0 Å². The van der Waals surface area contributed by atoms with Crippen LogP contribution in [0.2, 0.25) is 0 Å². The van der Waals surface area contributed by atoms with Crippen LogP contribution in [0.15, 0.2) is 42.5 Å². The minimum atomic E-state index is -1.18. The van der Waals surface area contributed by atoms with E-state index in [1.54, 1.807) is 24.1 Å². The molecule has 0 bridgehead atoms. The minimum Gasteiger partial charge on any atom is -0.478 e. The third kappa shape index (κ3) is 2.49. The molecule has 0 fully saturated rings. The Kier molecular flexibility index (Phi) is 3.37. The average Bonchev–Trinajstić information content (AvgIpc) is 2.38. The molecule has 0 spiro atoms. The largest absolute Gasteiger partial charge is 0.478 e. The summed E-state index contributed by atoms with van der Waals surface area (Å²) in [6.07, 6.45) is 0. The predicted molar refractivity (Wildman–Crippen MR) is 72.3 cm³/mol. The Bertz CT molecular complexity index is 614. The van der Waals surface area contributed by atoms with Gasteiger partial charge in [-0.15, -0.1) is 0 Å². The van der Waals surface area contributed by atoms with Gasteiger partial charge in [0.1, 0.15) is 5.82 Å². The number of carboxylic acids is 1. The molecular weight excluding hydrogens is 247 g/mol. The molecule has 3 N–H and O–H groups in total. The maximum Gasteiger partial charge on any atom is 0.337 e. The molecule has 0 unspecified atom stereocenters. The summed E-state index contributed by atoms with van der Waals surface area (Å²) >= 11 is 0. The van der Waals surface area contributed by atoms with Gasteiger partial charge in [0.2, 0.25) is 0 Å². The zero-order chi connectivity index (χ0) is 14.0. The molecule has 0 amide bonds. The van der Waals surface area contributed by atoms with Crippen molar-refractivity contribution in [3.8, 4) is 0 Å². The molecule has 0 saturated heterocycles. The molecule has 4 nitrogen and oxygen atoms in total. The fraction of sp³-hybridized carbons (Fsp3) is 0.0714. The van der Waals surface area contributed by atoms with E-state index in [0.29, 0.717) is 0 Å². The van der Waals surface area contributed by atoms with Crippen molar-refractivity contribution in [3.05, 3.63) is 53.8 Å². The summed E-state index contributed by atoms with van der Waals surface area (Å²) in [5.74, 6) is -1.74. The standard InChI is InChI=1S/C14H13FN2O2/c1-17(9-5-3-2-4-6-9)13-7-10(14(18)19)12(16)8-11(13)15/h2-8H,16H2,1H3,(H,18,19). The zero-order valence-corrected chi connectivity index (χ0v) is 10.3. The second-order valence-corrected chi connectivity index (χ2v) is 4.09. The first-order chi connectivity index (χ1) is 9.00. The number of rotatable bonds is 3. The van der Waals surface area contributed by atoms with Crippen LogP contribution < -0.4 is 10.6 Å². The first-order valence-electron chi connectivity index (χ1n) is 5.62. The van der Waals surface area contributed by atoms with Gasteiger partial charge >= 0.3 is 5.97 Å². The summed E-state index contributed by atoms with van der Waals surface area (Å²) in [5.41, 5.74) is 6.21. The van der Waals surface area contributed by atoms with Crippen molar-refractivity contribution in [2.24, 2.45) is 0 Å². The van der Waals surface area contributed by atoms with Gasteiger partial charge in [0.15, 0.2) is 0 Å². The molecule has 2 aromatic carbocycles. The van der Waals surface area contributed by atoms with Crippen LogP contribution in [0.25, 0.3) is 0 Å². The first-order valence-corrected chi connectivity index (χ1v) is 5.62. The number of benzene rings is 2. The highest BCUT2D eigenvalue weighted by Gasteiger charge is 2.16. The number of hydrogen-bond acceptors (Lipinski definition) is 3. The number of nitrogens with zero attached hydrogens (tertiary/aromatic N) is 1. The van der Waals surface area contributed by atoms with E-state index in [-0.39, 0.29) is 16.9 Å². The lowest BCUT2D eigenvalue weighted by Crippen LogP contribution is -2.13. The van der Waals surface area contributed by atoms with Crippen LogP contribution in [0.5, 0.6) is 0 Å². The zero-order valence-electron chi connectivity index (χ0n) is 10.3. The second-order valence-electron chi connectivity index (χ2n) is 4.09. The van der Waals surface area contributed by atoms with Gasteiger partial charge in [-0.1, -0.05) is 18.2 Å². The highest BCUT2D eigenvalue weighted by Crippen LogP contribution is 2.29. The summed E-state index contributed by atoms with van der Waals surface area (Å²) in [6, 6.07) is 11.3. The SMILES string of the molecule is CN(c1ccccc1)c1cc(C(=O)O)c(N)cc1F. The van der Waals surface area contributed by atoms with Crippen molar-refractivity contribution >= 4 is 23.0 Å². The number of nitrogen functional groups attached to an aromatic ring is 1. The number of carboxylic acid groups (broad SMARTS) is 1. The molecule has 0 aliphatic rings. The molecule has 0 aliphatic carbocycles. The van der Waals surface area contributed by atoms with Gasteiger partial charge in [0, 0.05) is 18.4 Å². The Hall–Kier alpha value is -2.56. The predicted octanol–water partition coefficient (Wildman–Crippen LogP) is 2.87. The smallest absolute Gasteiger partial charge is 0.337 e. The Labute approximate surface area is 109 Å². The van der Waals surface area contributed by atoms with Gasteiger partial charge in [-0.3, -0.25) is 0 Å². The van der Waals surface area contributed by atoms with Crippen LogP contribution in [0.3, 0.4) is 0 Å². The second kappa shape index (κ2) is 4.97. The van der Waals surface area contributed by atoms with Crippen LogP contribution >= 0.6 is 0 Å². The third-order valence-corrected chi connectivity index (χ3v) is 2.85. The summed E-state index contributed by atoms with van der Waals surface area (Å²) in [4.78, 5) is 12.6. The summed E-state index contributed by atoms with van der Waals surface area (Å²) in [7, 11) is 1.66. The van der Waals surface area contributed by atoms with E-state index in [9.17, 15) is 9.18 Å². The van der Waals surface area contributed by atoms with Gasteiger partial charge in [-0.25, -0.2) is 9.18 Å². The molecule has 0 atom stereocenters. The van der Waals surface area contributed by atoms with Crippen molar-refractivity contribution in [3.63, 3.8) is 0 Å². The molecular formula is C14H13FN2O2. The van der Waals surface area contributed by atoms with Crippen molar-refractivity contribution in [2.75, 3.05) is 17.7 Å². The quantitative estimate of drug-likeness (QED) is 0.833. The first kappa shape index (κ1) is 12.9. The molecule has 0 aromatic heterocycles. The van der Waals surface area contributed by atoms with Crippen molar-refractivity contribution in [1.29, 1.82) is 0 Å². The molecule has 19 heavy (non-hydrogen) atoms. The number of anilines is 3. The molecule has 0 aliphatic heterocycles. The topological polar surface area (TPSA) is 66.6 Å². The van der Waals surface area contributed by atoms with Crippen molar-refractivity contribution in [2.45, 2.75) is 0 Å². The fourth-order valence-electron chi connectivity index (χ4n) is 1.81. The maximum atomic E-state index is 13.9. The minimum absolute atomic E-state index is 0.0878. The normalized spacial score (nSPS) is 10.2. The maximum absolute atomic E-state index is 13.9. The van der Waals surface area contributed by atoms with Gasteiger partial charge in [-0.05, 0) is 24.3 Å². The number of hydrogen-bond donors (Lipinski definition) is 2. The molecule has 0 heterocycles. The van der Waals surface area contributed by atoms with E-state index in [0.717, 1.165) is 11.8 Å². The number of aromatic carboxylic acids is 1. The Balaban J connectivity index is 2.50. The van der Waals surface area contributed by atoms with E-state index in [2.05, 4.69) is 0 Å². The number of halogens is 1. The lowest BCUT2D eigenvalue weighted by molar-refractivity contribution is 0.0698. The lowest BCUT2D eigenvalue weighted by atomic mass is 10.1. The molecule has 0 radical (unpaired) electrons. The van der Waals surface area contributed by atoms with Gasteiger partial charge in [0.25, 0.3) is 0 Å². The van der Waals surface area contributed by atoms with Crippen LogP contribution in [0, 0.1) is 5.82 Å². The molecule has 98 valence electrons. The summed E-state index contributed by atoms with van der Waals surface area (Å²) in [5, 5.41) is 9.01. The van der Waals surface area contributed by atoms with Crippen molar-refractivity contribution < 1.29 is 14.3 Å². The van der Waals surface area contributed by atoms with Crippen LogP contribution in [-0.4, -0.2) is 18.1 Å². The highest BCUT2D eigenvalue weighted by atomic mass is 19.1. The lowest BCUT2D eigenvalue weighted by Gasteiger charge is -2.21. The van der Waals surface area contributed by atoms with E-state index in [4.69, 9.17) is 10.8 Å². The summed E-state index contributed by atoms with van der Waals surface area (Å²) in [6.45, 7) is 0. The Morgan fingerprint density at radius 3 is 2.47 bits per heavy atom. The molecule has 2 rings (SSSR count). The number of para-hydroxylation sites is 1. The van der Waals surface area contributed by atoms with E-state index >= 15 is 0 Å². The van der Waals surface area contributed by atoms with E-state index in [1.165, 1.54) is 6.07 Å². The van der Waals surface area contributed by atoms with Gasteiger partial charge in [-0.2, -0.15) is 0 Å². The van der Waals surface area contributed by atoms with Crippen LogP contribution in [0.4, 0.5) is 21.5 Å². The van der Waals surface area contributed by atoms with Crippen molar-refractivity contribution in [1.82, 2.24) is 0 Å². The third-order valence-electron chi connectivity index (χ3n) is 2.85. The van der Waals surface area contributed by atoms with Crippen LogP contribution in [0.1, 0.15) is 10.4 Å². The summed E-state index contributed by atoms with van der Waals surface area (Å²) < 4.78 is 13.9. The van der Waals surface area contributed by atoms with E-state index in [1.807, 2.05) is 18.2 Å². The van der Waals surface area contributed by atoms with Gasteiger partial charge in [0.05, 0.1) is 11.3 Å². The Morgan fingerprint density at radius 1 is 1.26 bits per heavy atom. The number of carbonyl (C=O) groups is 1. The van der Waals surface area contributed by atoms with Gasteiger partial charge < -0.3 is 15.7 Å². The number of nitrogens with two attached hydrogens (primary N) is 1. The molecule has 5 heteroatoms. The molecule has 2 aromatic rings. The monoisotopic (exact) mass is 260 g/mol. The highest BCUT2D eigenvalue weighted by molar-refractivity contribution is 5.95. The molecule has 0 saturated carbocycles.